The summed E-state index contributed by atoms with van der Waals surface area (Å²) in [5, 5.41) is 6.49. The molecule has 1 heterocycles. The molecule has 0 saturated heterocycles. The third-order valence-electron chi connectivity index (χ3n) is 3.46. The third-order valence-corrected chi connectivity index (χ3v) is 3.46. The average Bonchev–Trinajstić information content (AvgIpc) is 3.01. The van der Waals surface area contributed by atoms with Crippen molar-refractivity contribution in [3.05, 3.63) is 59.3 Å². The van der Waals surface area contributed by atoms with E-state index in [9.17, 15) is 4.39 Å². The Morgan fingerprint density at radius 2 is 1.95 bits per heavy atom. The molecule has 4 nitrogen and oxygen atoms in total. The van der Waals surface area contributed by atoms with Gasteiger partial charge in [-0.15, -0.1) is 0 Å². The molecule has 2 rings (SSSR count). The first-order chi connectivity index (χ1) is 10.7. The van der Waals surface area contributed by atoms with Gasteiger partial charge in [-0.2, -0.15) is 0 Å². The lowest BCUT2D eigenvalue weighted by atomic mass is 10.1. The molecule has 5 heteroatoms. The molecule has 1 aromatic carbocycles. The molecule has 0 unspecified atom stereocenters. The fourth-order valence-electron chi connectivity index (χ4n) is 2.23. The van der Waals surface area contributed by atoms with Crippen LogP contribution in [0.1, 0.15) is 16.9 Å². The van der Waals surface area contributed by atoms with Crippen molar-refractivity contribution < 1.29 is 8.81 Å². The fourth-order valence-corrected chi connectivity index (χ4v) is 2.23. The van der Waals surface area contributed by atoms with Crippen LogP contribution >= 0.6 is 0 Å². The van der Waals surface area contributed by atoms with Crippen molar-refractivity contribution in [1.29, 1.82) is 0 Å². The number of halogens is 1. The number of guanidine groups is 1. The molecule has 0 atom stereocenters. The number of nitrogens with one attached hydrogen (secondary N) is 2. The number of nitrogens with zero attached hydrogens (tertiary/aromatic N) is 1. The molecule has 0 aliphatic carbocycles. The van der Waals surface area contributed by atoms with E-state index >= 15 is 0 Å². The predicted octanol–water partition coefficient (Wildman–Crippen LogP) is 2.68. The highest BCUT2D eigenvalue weighted by Gasteiger charge is 2.02. The Labute approximate surface area is 130 Å². The second-order valence-corrected chi connectivity index (χ2v) is 5.08. The molecule has 0 amide bonds. The minimum absolute atomic E-state index is 0.190. The minimum atomic E-state index is -0.190. The van der Waals surface area contributed by atoms with Crippen molar-refractivity contribution in [2.75, 3.05) is 20.1 Å². The number of furan rings is 1. The quantitative estimate of drug-likeness (QED) is 0.637. The summed E-state index contributed by atoms with van der Waals surface area (Å²) in [4.78, 5) is 4.18. The molecule has 0 spiro atoms. The predicted molar refractivity (Wildman–Crippen MR) is 86.6 cm³/mol. The van der Waals surface area contributed by atoms with E-state index in [0.717, 1.165) is 48.8 Å². The molecular formula is C17H22FN3O. The molecule has 0 aliphatic heterocycles. The molecule has 2 N–H and O–H groups in total. The summed E-state index contributed by atoms with van der Waals surface area (Å²) in [6.45, 7) is 3.42. The van der Waals surface area contributed by atoms with Gasteiger partial charge in [-0.1, -0.05) is 6.07 Å². The van der Waals surface area contributed by atoms with Gasteiger partial charge in [0.2, 0.25) is 0 Å². The third kappa shape index (κ3) is 4.91. The van der Waals surface area contributed by atoms with Crippen LogP contribution in [0.15, 0.2) is 46.0 Å². The van der Waals surface area contributed by atoms with Crippen LogP contribution in [0, 0.1) is 12.7 Å². The van der Waals surface area contributed by atoms with Gasteiger partial charge in [-0.25, -0.2) is 4.39 Å². The van der Waals surface area contributed by atoms with Crippen molar-refractivity contribution in [2.45, 2.75) is 19.8 Å². The lowest BCUT2D eigenvalue weighted by molar-refractivity contribution is 0.507. The van der Waals surface area contributed by atoms with E-state index in [1.54, 1.807) is 19.4 Å². The molecule has 2 aromatic rings. The van der Waals surface area contributed by atoms with Crippen LogP contribution in [0.2, 0.25) is 0 Å². The highest BCUT2D eigenvalue weighted by Crippen LogP contribution is 2.10. The SMILES string of the molecule is CN=C(NCCc1ccco1)NCCc1ccc(F)cc1C. The number of hydrogen-bond acceptors (Lipinski definition) is 2. The molecule has 0 saturated carbocycles. The summed E-state index contributed by atoms with van der Waals surface area (Å²) in [6, 6.07) is 8.73. The van der Waals surface area contributed by atoms with E-state index in [0.29, 0.717) is 0 Å². The Morgan fingerprint density at radius 3 is 2.59 bits per heavy atom. The summed E-state index contributed by atoms with van der Waals surface area (Å²) in [5.74, 6) is 1.51. The number of aryl methyl sites for hydroxylation is 1. The molecule has 118 valence electrons. The number of benzene rings is 1. The number of hydrogen-bond donors (Lipinski definition) is 2. The highest BCUT2D eigenvalue weighted by molar-refractivity contribution is 5.79. The first-order valence-corrected chi connectivity index (χ1v) is 7.41. The Kier molecular flexibility index (Phi) is 6.01. The molecule has 0 radical (unpaired) electrons. The van der Waals surface area contributed by atoms with Crippen LogP contribution in [0.25, 0.3) is 0 Å². The van der Waals surface area contributed by atoms with Crippen LogP contribution in [-0.2, 0) is 12.8 Å². The lowest BCUT2D eigenvalue weighted by Gasteiger charge is -2.12. The summed E-state index contributed by atoms with van der Waals surface area (Å²) in [5.41, 5.74) is 2.11. The Bertz CT molecular complexity index is 608. The normalized spacial score (nSPS) is 11.5. The molecule has 22 heavy (non-hydrogen) atoms. The van der Waals surface area contributed by atoms with Gasteiger partial charge in [0.25, 0.3) is 0 Å². The van der Waals surface area contributed by atoms with E-state index in [2.05, 4.69) is 15.6 Å². The molecule has 0 fully saturated rings. The van der Waals surface area contributed by atoms with Gasteiger partial charge < -0.3 is 15.1 Å². The largest absolute Gasteiger partial charge is 0.469 e. The Balaban J connectivity index is 1.72. The van der Waals surface area contributed by atoms with E-state index in [-0.39, 0.29) is 5.82 Å². The van der Waals surface area contributed by atoms with Gasteiger partial charge in [0.15, 0.2) is 5.96 Å². The Hall–Kier alpha value is -2.30. The van der Waals surface area contributed by atoms with Crippen molar-refractivity contribution in [1.82, 2.24) is 10.6 Å². The summed E-state index contributed by atoms with van der Waals surface area (Å²) in [6.07, 6.45) is 3.31. The second kappa shape index (κ2) is 8.22. The van der Waals surface area contributed by atoms with E-state index in [1.807, 2.05) is 25.1 Å². The van der Waals surface area contributed by atoms with Gasteiger partial charge in [-0.3, -0.25) is 4.99 Å². The summed E-state index contributed by atoms with van der Waals surface area (Å²) >= 11 is 0. The zero-order valence-electron chi connectivity index (χ0n) is 13.0. The number of aliphatic imine (C=N–C) groups is 1. The maximum absolute atomic E-state index is 13.1. The van der Waals surface area contributed by atoms with Gasteiger partial charge in [0.05, 0.1) is 6.26 Å². The topological polar surface area (TPSA) is 49.6 Å². The van der Waals surface area contributed by atoms with Gasteiger partial charge in [0.1, 0.15) is 11.6 Å². The maximum atomic E-state index is 13.1. The molecule has 0 bridgehead atoms. The minimum Gasteiger partial charge on any atom is -0.469 e. The zero-order chi connectivity index (χ0) is 15.8. The fraction of sp³-hybridized carbons (Fsp3) is 0.353. The van der Waals surface area contributed by atoms with E-state index in [4.69, 9.17) is 4.42 Å². The first-order valence-electron chi connectivity index (χ1n) is 7.41. The second-order valence-electron chi connectivity index (χ2n) is 5.08. The molecular weight excluding hydrogens is 281 g/mol. The molecule has 1 aromatic heterocycles. The smallest absolute Gasteiger partial charge is 0.191 e. The maximum Gasteiger partial charge on any atom is 0.191 e. The van der Waals surface area contributed by atoms with Gasteiger partial charge >= 0.3 is 0 Å². The van der Waals surface area contributed by atoms with E-state index < -0.39 is 0 Å². The Morgan fingerprint density at radius 1 is 1.18 bits per heavy atom. The lowest BCUT2D eigenvalue weighted by Crippen LogP contribution is -2.39. The van der Waals surface area contributed by atoms with Crippen LogP contribution in [0.3, 0.4) is 0 Å². The number of rotatable bonds is 6. The first kappa shape index (κ1) is 16.1. The zero-order valence-corrected chi connectivity index (χ0v) is 13.0. The summed E-state index contributed by atoms with van der Waals surface area (Å²) < 4.78 is 18.3. The van der Waals surface area contributed by atoms with Crippen molar-refractivity contribution in [3.8, 4) is 0 Å². The van der Waals surface area contributed by atoms with Crippen LogP contribution in [0.4, 0.5) is 4.39 Å². The summed E-state index contributed by atoms with van der Waals surface area (Å²) in [7, 11) is 1.74. The van der Waals surface area contributed by atoms with E-state index in [1.165, 1.54) is 6.07 Å². The van der Waals surface area contributed by atoms with Crippen LogP contribution < -0.4 is 10.6 Å². The average molecular weight is 303 g/mol. The standard InChI is InChI=1S/C17H22FN3O/c1-13-12-15(18)6-5-14(13)7-9-20-17(19-2)21-10-8-16-4-3-11-22-16/h3-6,11-12H,7-10H2,1-2H3,(H2,19,20,21). The van der Waals surface area contributed by atoms with Crippen molar-refractivity contribution in [2.24, 2.45) is 4.99 Å². The monoisotopic (exact) mass is 303 g/mol. The van der Waals surface area contributed by atoms with Crippen molar-refractivity contribution >= 4 is 5.96 Å². The van der Waals surface area contributed by atoms with Gasteiger partial charge in [0, 0.05) is 26.6 Å². The molecule has 0 aliphatic rings. The highest BCUT2D eigenvalue weighted by atomic mass is 19.1. The van der Waals surface area contributed by atoms with Crippen LogP contribution in [-0.4, -0.2) is 26.1 Å². The van der Waals surface area contributed by atoms with Crippen molar-refractivity contribution in [3.63, 3.8) is 0 Å². The van der Waals surface area contributed by atoms with Gasteiger partial charge in [-0.05, 0) is 48.7 Å². The van der Waals surface area contributed by atoms with Crippen LogP contribution in [0.5, 0.6) is 0 Å².